The summed E-state index contributed by atoms with van der Waals surface area (Å²) in [5.41, 5.74) is 4.45. The van der Waals surface area contributed by atoms with Crippen LogP contribution in [0.5, 0.6) is 11.6 Å². The molecule has 1 aromatic carbocycles. The Morgan fingerprint density at radius 2 is 1.83 bits per heavy atom. The molecule has 3 saturated carbocycles. The van der Waals surface area contributed by atoms with Crippen molar-refractivity contribution in [3.63, 3.8) is 0 Å². The highest BCUT2D eigenvalue weighted by Gasteiger charge is 2.61. The number of benzene rings is 1. The van der Waals surface area contributed by atoms with Crippen LogP contribution in [0.2, 0.25) is 0 Å². The minimum absolute atomic E-state index is 0.126. The van der Waals surface area contributed by atoms with Crippen molar-refractivity contribution in [2.45, 2.75) is 44.8 Å². The number of nitrogens with zero attached hydrogens (tertiary/aromatic N) is 5. The van der Waals surface area contributed by atoms with Crippen LogP contribution in [-0.2, 0) is 13.1 Å². The van der Waals surface area contributed by atoms with Gasteiger partial charge in [-0.2, -0.15) is 4.98 Å². The fraction of sp³-hybridized carbons (Fsp3) is 0.531. The van der Waals surface area contributed by atoms with Crippen molar-refractivity contribution in [2.24, 2.45) is 29.6 Å². The van der Waals surface area contributed by atoms with Crippen molar-refractivity contribution in [1.29, 1.82) is 0 Å². The van der Waals surface area contributed by atoms with Crippen LogP contribution >= 0.6 is 0 Å². The number of hydrogen-bond acceptors (Lipinski definition) is 6. The molecule has 2 saturated heterocycles. The van der Waals surface area contributed by atoms with E-state index in [4.69, 9.17) is 19.4 Å². The molecule has 9 rings (SSSR count). The Morgan fingerprint density at radius 3 is 2.54 bits per heavy atom. The maximum Gasteiger partial charge on any atom is 0.254 e. The molecule has 5 fully saturated rings. The molecular formula is C32H36N6O3. The van der Waals surface area contributed by atoms with Crippen molar-refractivity contribution in [1.82, 2.24) is 29.3 Å². The van der Waals surface area contributed by atoms with Crippen LogP contribution in [-0.4, -0.2) is 69.8 Å². The van der Waals surface area contributed by atoms with E-state index in [0.717, 1.165) is 83.9 Å². The zero-order valence-corrected chi connectivity index (χ0v) is 23.7. The molecule has 4 atom stereocenters. The van der Waals surface area contributed by atoms with E-state index in [2.05, 4.69) is 31.5 Å². The monoisotopic (exact) mass is 552 g/mol. The second-order valence-electron chi connectivity index (χ2n) is 13.1. The van der Waals surface area contributed by atoms with Gasteiger partial charge in [0.1, 0.15) is 16.9 Å². The van der Waals surface area contributed by atoms with E-state index in [-0.39, 0.29) is 5.91 Å². The molecule has 0 radical (unpaired) electrons. The van der Waals surface area contributed by atoms with E-state index in [1.807, 2.05) is 18.2 Å². The molecule has 3 aromatic heterocycles. The molecule has 3 unspecified atom stereocenters. The Kier molecular flexibility index (Phi) is 5.11. The molecular weight excluding hydrogens is 516 g/mol. The summed E-state index contributed by atoms with van der Waals surface area (Å²) in [5, 5.41) is 4.50. The Balaban J connectivity index is 1.20. The number of amides is 1. The number of hydrogen-bond donors (Lipinski definition) is 1. The second kappa shape index (κ2) is 8.71. The summed E-state index contributed by atoms with van der Waals surface area (Å²) in [4.78, 5) is 26.2. The number of aromatic nitrogens is 4. The van der Waals surface area contributed by atoms with Crippen LogP contribution in [0.3, 0.4) is 0 Å². The third-order valence-corrected chi connectivity index (χ3v) is 10.6. The zero-order chi connectivity index (χ0) is 27.4. The van der Waals surface area contributed by atoms with E-state index in [0.29, 0.717) is 35.2 Å². The van der Waals surface area contributed by atoms with Crippen molar-refractivity contribution in [2.75, 3.05) is 33.9 Å². The highest BCUT2D eigenvalue weighted by molar-refractivity contribution is 6.00. The van der Waals surface area contributed by atoms with Gasteiger partial charge in [-0.25, -0.2) is 4.98 Å². The number of carbonyl (C=O) groups excluding carboxylic acids is 1. The van der Waals surface area contributed by atoms with Crippen LogP contribution in [0.25, 0.3) is 33.6 Å². The van der Waals surface area contributed by atoms with Gasteiger partial charge in [0.2, 0.25) is 5.88 Å². The maximum atomic E-state index is 13.9. The SMILES string of the molecule is COc1ccc2cc(-c3nc4cc(C(=O)N5CC6CC7CC5[C@H]76)cc(OC)c4n3CC3CNC3)n(CC3CC3)c2n1. The molecule has 0 spiro atoms. The first-order valence-electron chi connectivity index (χ1n) is 15.2. The Labute approximate surface area is 238 Å². The molecule has 5 aliphatic rings. The summed E-state index contributed by atoms with van der Waals surface area (Å²) >= 11 is 0. The second-order valence-corrected chi connectivity index (χ2v) is 13.1. The summed E-state index contributed by atoms with van der Waals surface area (Å²) in [7, 11) is 3.37. The van der Waals surface area contributed by atoms with Crippen LogP contribution in [0.1, 0.15) is 36.0 Å². The lowest BCUT2D eigenvalue weighted by atomic mass is 9.53. The number of rotatable bonds is 8. The number of carbonyl (C=O) groups is 1. The van der Waals surface area contributed by atoms with Gasteiger partial charge in [0, 0.05) is 61.7 Å². The average molecular weight is 553 g/mol. The fourth-order valence-electron chi connectivity index (χ4n) is 8.13. The number of nitrogens with one attached hydrogen (secondary N) is 1. The topological polar surface area (TPSA) is 86.4 Å². The van der Waals surface area contributed by atoms with Gasteiger partial charge in [-0.05, 0) is 73.6 Å². The predicted molar refractivity (Wildman–Crippen MR) is 155 cm³/mol. The van der Waals surface area contributed by atoms with Gasteiger partial charge in [0.25, 0.3) is 5.91 Å². The van der Waals surface area contributed by atoms with E-state index in [1.54, 1.807) is 14.2 Å². The number of pyridine rings is 1. The molecule has 1 N–H and O–H groups in total. The predicted octanol–water partition coefficient (Wildman–Crippen LogP) is 4.18. The highest BCUT2D eigenvalue weighted by Crippen LogP contribution is 2.60. The number of ether oxygens (including phenoxy) is 2. The van der Waals surface area contributed by atoms with Gasteiger partial charge in [0.15, 0.2) is 5.82 Å². The van der Waals surface area contributed by atoms with Gasteiger partial charge in [-0.15, -0.1) is 0 Å². The zero-order valence-electron chi connectivity index (χ0n) is 23.7. The molecule has 212 valence electrons. The molecule has 0 bridgehead atoms. The standard InChI is InChI=1S/C32H36N6O3/c1-40-26-11-21(32(39)37-16-22-7-20-10-24(37)28(20)22)8-23-29(26)38(15-18-12-33-13-18)31(34-23)25-9-19-5-6-27(41-2)35-30(19)36(25)14-17-3-4-17/h5-6,8-9,11,17-18,20,22,24,28,33H,3-4,7,10,12-16H2,1-2H3/t20?,22?,24?,28-/m1/s1. The summed E-state index contributed by atoms with van der Waals surface area (Å²) in [6.45, 7) is 4.62. The van der Waals surface area contributed by atoms with E-state index in [1.165, 1.54) is 25.7 Å². The normalized spacial score (nSPS) is 26.5. The maximum absolute atomic E-state index is 13.9. The molecule has 9 nitrogen and oxygen atoms in total. The van der Waals surface area contributed by atoms with Gasteiger partial charge in [-0.1, -0.05) is 0 Å². The molecule has 9 heteroatoms. The molecule has 41 heavy (non-hydrogen) atoms. The minimum Gasteiger partial charge on any atom is -0.494 e. The van der Waals surface area contributed by atoms with Gasteiger partial charge in [0.05, 0.1) is 25.4 Å². The number of methoxy groups -OCH3 is 2. The van der Waals surface area contributed by atoms with Crippen LogP contribution in [0.4, 0.5) is 0 Å². The highest BCUT2D eigenvalue weighted by atomic mass is 16.5. The number of fused-ring (bicyclic) bond motifs is 2. The van der Waals surface area contributed by atoms with Gasteiger partial charge in [-0.3, -0.25) is 4.79 Å². The summed E-state index contributed by atoms with van der Waals surface area (Å²) in [6, 6.07) is 10.6. The molecule has 4 aromatic rings. The quantitative estimate of drug-likeness (QED) is 0.353. The molecule has 1 amide bonds. The van der Waals surface area contributed by atoms with Crippen LogP contribution in [0.15, 0.2) is 30.3 Å². The van der Waals surface area contributed by atoms with Crippen molar-refractivity contribution in [3.05, 3.63) is 35.9 Å². The summed E-state index contributed by atoms with van der Waals surface area (Å²) in [5.74, 6) is 5.85. The Bertz CT molecular complexity index is 1720. The molecule has 2 aliphatic heterocycles. The van der Waals surface area contributed by atoms with Crippen molar-refractivity contribution >= 4 is 28.0 Å². The lowest BCUT2D eigenvalue weighted by Crippen LogP contribution is -2.53. The average Bonchev–Trinajstić information content (AvgIpc) is 3.60. The summed E-state index contributed by atoms with van der Waals surface area (Å²) < 4.78 is 16.2. The molecule has 3 aliphatic carbocycles. The number of imidazole rings is 1. The minimum atomic E-state index is 0.126. The van der Waals surface area contributed by atoms with E-state index < -0.39 is 0 Å². The first-order valence-corrected chi connectivity index (χ1v) is 15.2. The first kappa shape index (κ1) is 24.1. The van der Waals surface area contributed by atoms with Gasteiger partial charge >= 0.3 is 0 Å². The largest absolute Gasteiger partial charge is 0.494 e. The van der Waals surface area contributed by atoms with Crippen molar-refractivity contribution in [3.8, 4) is 23.1 Å². The lowest BCUT2D eigenvalue weighted by Gasteiger charge is -2.52. The fourth-order valence-corrected chi connectivity index (χ4v) is 8.13. The Morgan fingerprint density at radius 1 is 0.976 bits per heavy atom. The van der Waals surface area contributed by atoms with E-state index in [9.17, 15) is 4.79 Å². The number of likely N-dealkylation sites (tertiary alicyclic amines) is 1. The third-order valence-electron chi connectivity index (χ3n) is 10.6. The smallest absolute Gasteiger partial charge is 0.254 e. The Hall–Kier alpha value is -3.59. The third kappa shape index (κ3) is 3.54. The van der Waals surface area contributed by atoms with Gasteiger partial charge < -0.3 is 28.8 Å². The van der Waals surface area contributed by atoms with Crippen molar-refractivity contribution < 1.29 is 14.3 Å². The van der Waals surface area contributed by atoms with E-state index >= 15 is 0 Å². The lowest BCUT2D eigenvalue weighted by molar-refractivity contribution is -0.0204. The summed E-state index contributed by atoms with van der Waals surface area (Å²) in [6.07, 6.45) is 4.95. The first-order chi connectivity index (χ1) is 20.1. The van der Waals surface area contributed by atoms with Crippen LogP contribution in [0, 0.1) is 29.6 Å². The van der Waals surface area contributed by atoms with Crippen LogP contribution < -0.4 is 14.8 Å². The molecule has 5 heterocycles.